The quantitative estimate of drug-likeness (QED) is 0.756. The molecule has 7 nitrogen and oxygen atoms in total. The maximum Gasteiger partial charge on any atom is 0.341 e. The van der Waals surface area contributed by atoms with Crippen molar-refractivity contribution in [1.82, 2.24) is 5.32 Å². The maximum absolute atomic E-state index is 14.8. The van der Waals surface area contributed by atoms with Crippen molar-refractivity contribution in [1.29, 1.82) is 0 Å². The molecule has 0 aliphatic carbocycles. The molecule has 0 radical (unpaired) electrons. The van der Waals surface area contributed by atoms with Crippen molar-refractivity contribution in [2.75, 3.05) is 43.1 Å². The Morgan fingerprint density at radius 3 is 2.80 bits per heavy atom. The number of carboxylic acids is 1. The minimum atomic E-state index is -1.06. The molecule has 158 valence electrons. The van der Waals surface area contributed by atoms with Crippen LogP contribution in [0.25, 0.3) is 0 Å². The van der Waals surface area contributed by atoms with Gasteiger partial charge in [-0.3, -0.25) is 4.79 Å². The fourth-order valence-electron chi connectivity index (χ4n) is 4.08. The average molecular weight is 413 g/mol. The molecule has 0 unspecified atom stereocenters. The van der Waals surface area contributed by atoms with E-state index >= 15 is 0 Å². The van der Waals surface area contributed by atoms with Crippen molar-refractivity contribution in [2.45, 2.75) is 18.9 Å². The van der Waals surface area contributed by atoms with E-state index in [9.17, 15) is 14.0 Å². The highest BCUT2D eigenvalue weighted by Gasteiger charge is 2.28. The first-order valence-electron chi connectivity index (χ1n) is 9.97. The second-order valence-corrected chi connectivity index (χ2v) is 7.56. The molecular formula is C22H24FN3O4. The molecule has 1 amide bonds. The third-order valence-corrected chi connectivity index (χ3v) is 5.70. The number of carboxylic acid groups (broad SMARTS) is 1. The minimum Gasteiger partial charge on any atom is -0.482 e. The zero-order valence-corrected chi connectivity index (χ0v) is 16.7. The smallest absolute Gasteiger partial charge is 0.341 e. The number of nitrogens with one attached hydrogen (secondary N) is 1. The molecule has 2 aromatic carbocycles. The van der Waals surface area contributed by atoms with Gasteiger partial charge in [-0.15, -0.1) is 0 Å². The van der Waals surface area contributed by atoms with E-state index in [1.165, 1.54) is 6.07 Å². The van der Waals surface area contributed by atoms with Gasteiger partial charge in [0.1, 0.15) is 11.6 Å². The normalized spacial score (nSPS) is 18.5. The number of carbonyl (C=O) groups excluding carboxylic acids is 1. The summed E-state index contributed by atoms with van der Waals surface area (Å²) in [7, 11) is 1.91. The molecule has 8 heteroatoms. The second kappa shape index (κ2) is 8.31. The molecule has 0 spiro atoms. The highest BCUT2D eigenvalue weighted by atomic mass is 19.1. The molecule has 0 bridgehead atoms. The number of halogens is 1. The molecule has 2 aromatic rings. The highest BCUT2D eigenvalue weighted by Crippen LogP contribution is 2.31. The Bertz CT molecular complexity index is 981. The number of benzene rings is 2. The van der Waals surface area contributed by atoms with Crippen LogP contribution in [0.15, 0.2) is 36.4 Å². The van der Waals surface area contributed by atoms with Crippen molar-refractivity contribution >= 4 is 23.3 Å². The molecule has 2 heterocycles. The van der Waals surface area contributed by atoms with E-state index < -0.39 is 12.6 Å². The first-order chi connectivity index (χ1) is 14.5. The average Bonchev–Trinajstić information content (AvgIpc) is 3.21. The number of anilines is 2. The number of hydrogen-bond acceptors (Lipinski definition) is 5. The van der Waals surface area contributed by atoms with Crippen LogP contribution in [0, 0.1) is 5.82 Å². The van der Waals surface area contributed by atoms with Gasteiger partial charge in [0, 0.05) is 36.9 Å². The number of ether oxygens (including phenoxy) is 1. The number of amides is 1. The van der Waals surface area contributed by atoms with E-state index in [0.29, 0.717) is 41.7 Å². The Kier molecular flexibility index (Phi) is 5.59. The zero-order chi connectivity index (χ0) is 21.3. The van der Waals surface area contributed by atoms with Crippen LogP contribution < -0.4 is 19.9 Å². The van der Waals surface area contributed by atoms with Gasteiger partial charge in [-0.25, -0.2) is 9.18 Å². The molecule has 4 rings (SSSR count). The Morgan fingerprint density at radius 1 is 1.27 bits per heavy atom. The molecule has 1 fully saturated rings. The monoisotopic (exact) mass is 413 g/mol. The van der Waals surface area contributed by atoms with Gasteiger partial charge >= 0.3 is 5.97 Å². The lowest BCUT2D eigenvalue weighted by Gasteiger charge is -2.29. The number of fused-ring (bicyclic) bond motifs is 1. The lowest BCUT2D eigenvalue weighted by atomic mass is 9.98. The standard InChI is InChI=1S/C22H24FN3O4/c1-24-15-7-8-25(12-15)20-5-2-16(11-19(20)23)26-9-6-14-10-17(30-13-21(27)28)3-4-18(14)22(26)29/h2-5,10-11,15,24H,6-9,12-13H2,1H3,(H,27,28)/t15-/m1/s1. The predicted octanol–water partition coefficient (Wildman–Crippen LogP) is 2.29. The lowest BCUT2D eigenvalue weighted by Crippen LogP contribution is -2.37. The largest absolute Gasteiger partial charge is 0.482 e. The van der Waals surface area contributed by atoms with E-state index in [1.54, 1.807) is 35.2 Å². The van der Waals surface area contributed by atoms with E-state index in [-0.39, 0.29) is 11.7 Å². The molecule has 2 aliphatic heterocycles. The zero-order valence-electron chi connectivity index (χ0n) is 16.7. The molecule has 1 atom stereocenters. The third kappa shape index (κ3) is 3.95. The second-order valence-electron chi connectivity index (χ2n) is 7.56. The van der Waals surface area contributed by atoms with Crippen LogP contribution in [0.2, 0.25) is 0 Å². The van der Waals surface area contributed by atoms with Crippen molar-refractivity contribution in [3.05, 3.63) is 53.3 Å². The van der Waals surface area contributed by atoms with E-state index in [1.807, 2.05) is 11.9 Å². The lowest BCUT2D eigenvalue weighted by molar-refractivity contribution is -0.139. The summed E-state index contributed by atoms with van der Waals surface area (Å²) in [6, 6.07) is 10.2. The Labute approximate surface area is 174 Å². The first-order valence-corrected chi connectivity index (χ1v) is 9.97. The van der Waals surface area contributed by atoms with Gasteiger partial charge in [0.25, 0.3) is 5.91 Å². The summed E-state index contributed by atoms with van der Waals surface area (Å²) in [5.74, 6) is -1.18. The molecule has 0 saturated carbocycles. The molecule has 30 heavy (non-hydrogen) atoms. The Balaban J connectivity index is 1.51. The van der Waals surface area contributed by atoms with Crippen molar-refractivity contribution in [3.63, 3.8) is 0 Å². The number of likely N-dealkylation sites (N-methyl/N-ethyl adjacent to an activating group) is 1. The van der Waals surface area contributed by atoms with Crippen LogP contribution in [0.5, 0.6) is 5.75 Å². The van der Waals surface area contributed by atoms with Crippen LogP contribution in [0.4, 0.5) is 15.8 Å². The van der Waals surface area contributed by atoms with Crippen LogP contribution in [-0.2, 0) is 11.2 Å². The van der Waals surface area contributed by atoms with Gasteiger partial charge in [-0.05, 0) is 61.9 Å². The third-order valence-electron chi connectivity index (χ3n) is 5.70. The minimum absolute atomic E-state index is 0.204. The number of nitrogens with zero attached hydrogens (tertiary/aromatic N) is 2. The van der Waals surface area contributed by atoms with Crippen molar-refractivity contribution in [2.24, 2.45) is 0 Å². The Morgan fingerprint density at radius 2 is 2.10 bits per heavy atom. The summed E-state index contributed by atoms with van der Waals surface area (Å²) in [6.07, 6.45) is 1.54. The van der Waals surface area contributed by atoms with E-state index in [4.69, 9.17) is 9.84 Å². The number of hydrogen-bond donors (Lipinski definition) is 2. The molecule has 0 aromatic heterocycles. The topological polar surface area (TPSA) is 82.1 Å². The Hall–Kier alpha value is -3.13. The number of carbonyl (C=O) groups is 2. The summed E-state index contributed by atoms with van der Waals surface area (Å²) in [5.41, 5.74) is 2.40. The van der Waals surface area contributed by atoms with Crippen LogP contribution in [-0.4, -0.2) is 56.3 Å². The summed E-state index contributed by atoms with van der Waals surface area (Å²) in [4.78, 5) is 27.2. The van der Waals surface area contributed by atoms with Gasteiger partial charge in [0.05, 0.1) is 5.69 Å². The van der Waals surface area contributed by atoms with Crippen LogP contribution >= 0.6 is 0 Å². The summed E-state index contributed by atoms with van der Waals surface area (Å²) in [6.45, 7) is 1.54. The SMILES string of the molecule is CN[C@@H]1CCN(c2ccc(N3CCc4cc(OCC(=O)O)ccc4C3=O)cc2F)C1. The van der Waals surface area contributed by atoms with Gasteiger partial charge in [-0.1, -0.05) is 0 Å². The van der Waals surface area contributed by atoms with Gasteiger partial charge in [-0.2, -0.15) is 0 Å². The molecular weight excluding hydrogens is 389 g/mol. The van der Waals surface area contributed by atoms with Gasteiger partial charge in [0.2, 0.25) is 0 Å². The van der Waals surface area contributed by atoms with Gasteiger partial charge in [0.15, 0.2) is 6.61 Å². The van der Waals surface area contributed by atoms with E-state index in [2.05, 4.69) is 5.32 Å². The fourth-order valence-corrected chi connectivity index (χ4v) is 4.08. The number of aliphatic carboxylic acids is 1. The van der Waals surface area contributed by atoms with Crippen molar-refractivity contribution in [3.8, 4) is 5.75 Å². The van der Waals surface area contributed by atoms with Crippen LogP contribution in [0.1, 0.15) is 22.3 Å². The molecule has 1 saturated heterocycles. The molecule has 2 N–H and O–H groups in total. The van der Waals surface area contributed by atoms with Crippen LogP contribution in [0.3, 0.4) is 0 Å². The van der Waals surface area contributed by atoms with Gasteiger partial charge < -0.3 is 25.0 Å². The summed E-state index contributed by atoms with van der Waals surface area (Å²) in [5, 5.41) is 12.0. The number of rotatable bonds is 6. The maximum atomic E-state index is 14.8. The van der Waals surface area contributed by atoms with E-state index in [0.717, 1.165) is 25.1 Å². The summed E-state index contributed by atoms with van der Waals surface area (Å²) >= 11 is 0. The summed E-state index contributed by atoms with van der Waals surface area (Å²) < 4.78 is 20.0. The molecule has 2 aliphatic rings. The predicted molar refractivity (Wildman–Crippen MR) is 111 cm³/mol. The highest BCUT2D eigenvalue weighted by molar-refractivity contribution is 6.08. The first kappa shape index (κ1) is 20.2. The van der Waals surface area contributed by atoms with Crippen molar-refractivity contribution < 1.29 is 23.8 Å². The fraction of sp³-hybridized carbons (Fsp3) is 0.364.